The fourth-order valence-electron chi connectivity index (χ4n) is 3.78. The lowest BCUT2D eigenvalue weighted by Crippen LogP contribution is -2.36. The molecule has 1 fully saturated rings. The number of alkyl halides is 2. The van der Waals surface area contributed by atoms with Gasteiger partial charge in [0.15, 0.2) is 0 Å². The molecule has 36 heavy (non-hydrogen) atoms. The molecule has 2 N–H and O–H groups in total. The summed E-state index contributed by atoms with van der Waals surface area (Å²) in [6.07, 6.45) is -4.23. The third kappa shape index (κ3) is 5.51. The number of cyclic esters (lactones) is 1. The van der Waals surface area contributed by atoms with Crippen molar-refractivity contribution in [3.8, 4) is 11.1 Å². The molecule has 11 heteroatoms. The first-order chi connectivity index (χ1) is 17.3. The Labute approximate surface area is 210 Å². The predicted molar refractivity (Wildman–Crippen MR) is 133 cm³/mol. The van der Waals surface area contributed by atoms with Gasteiger partial charge in [-0.25, -0.2) is 22.8 Å². The van der Waals surface area contributed by atoms with Gasteiger partial charge in [0.05, 0.1) is 36.6 Å². The van der Waals surface area contributed by atoms with Gasteiger partial charge in [-0.3, -0.25) is 4.90 Å². The standard InChI is InChI=1S/C25H22F3N3O4S/c1-2-34-24(32)19-8-4-14-3-5-15(6-9-18(14)19)30-21-10-7-16(11-20(21)26)31-13-17(35-25(31)33)12-29-23(36)22(27)28/h3-11,17,22,30H,2,12-13H2,1H3,(H,29,36)/t17-/m0/s1. The summed E-state index contributed by atoms with van der Waals surface area (Å²) in [5.41, 5.74) is 3.00. The largest absolute Gasteiger partial charge is 0.462 e. The zero-order chi connectivity index (χ0) is 25.8. The van der Waals surface area contributed by atoms with E-state index in [1.54, 1.807) is 49.4 Å². The average Bonchev–Trinajstić information content (AvgIpc) is 3.37. The van der Waals surface area contributed by atoms with Crippen molar-refractivity contribution in [3.05, 3.63) is 66.0 Å². The van der Waals surface area contributed by atoms with Crippen molar-refractivity contribution in [2.24, 2.45) is 0 Å². The van der Waals surface area contributed by atoms with E-state index < -0.39 is 35.4 Å². The molecule has 1 aromatic rings. The summed E-state index contributed by atoms with van der Waals surface area (Å²) < 4.78 is 50.2. The molecule has 4 rings (SSSR count). The van der Waals surface area contributed by atoms with E-state index in [-0.39, 0.29) is 31.1 Å². The molecular weight excluding hydrogens is 495 g/mol. The lowest BCUT2D eigenvalue weighted by molar-refractivity contribution is 0.0527. The second-order valence-electron chi connectivity index (χ2n) is 7.91. The number of amides is 1. The molecule has 1 saturated heterocycles. The van der Waals surface area contributed by atoms with Crippen molar-refractivity contribution in [1.82, 2.24) is 5.32 Å². The van der Waals surface area contributed by atoms with Crippen molar-refractivity contribution in [2.75, 3.05) is 29.9 Å². The number of hydrogen-bond donors (Lipinski definition) is 2. The molecular formula is C25H22F3N3O4S. The Bertz CT molecular complexity index is 1270. The highest BCUT2D eigenvalue weighted by molar-refractivity contribution is 7.80. The summed E-state index contributed by atoms with van der Waals surface area (Å²) in [5, 5.41) is 5.35. The van der Waals surface area contributed by atoms with Gasteiger partial charge in [-0.05, 0) is 54.4 Å². The van der Waals surface area contributed by atoms with Crippen LogP contribution in [0.1, 0.15) is 17.3 Å². The molecule has 0 saturated carbocycles. The molecule has 7 nitrogen and oxygen atoms in total. The van der Waals surface area contributed by atoms with Gasteiger partial charge in [-0.15, -0.1) is 0 Å². The van der Waals surface area contributed by atoms with Gasteiger partial charge in [-0.2, -0.15) is 0 Å². The highest BCUT2D eigenvalue weighted by atomic mass is 32.1. The van der Waals surface area contributed by atoms with Crippen LogP contribution in [0.2, 0.25) is 0 Å². The first kappa shape index (κ1) is 25.2. The predicted octanol–water partition coefficient (Wildman–Crippen LogP) is 5.36. The van der Waals surface area contributed by atoms with Crippen molar-refractivity contribution < 1.29 is 32.2 Å². The first-order valence-corrected chi connectivity index (χ1v) is 11.5. The fraction of sp³-hybridized carbons (Fsp3) is 0.240. The Balaban J connectivity index is 1.46. The van der Waals surface area contributed by atoms with Gasteiger partial charge in [0.1, 0.15) is 16.9 Å². The highest BCUT2D eigenvalue weighted by Crippen LogP contribution is 2.31. The van der Waals surface area contributed by atoms with E-state index in [1.807, 2.05) is 0 Å². The average molecular weight is 518 g/mol. The van der Waals surface area contributed by atoms with Crippen molar-refractivity contribution in [3.63, 3.8) is 0 Å². The molecule has 1 atom stereocenters. The maximum Gasteiger partial charge on any atom is 0.414 e. The zero-order valence-corrected chi connectivity index (χ0v) is 19.9. The SMILES string of the molecule is CCOC(=O)c1ccc2ccc(Nc3ccc(N4C[C@H](CNC(=S)C(F)F)OC4=O)cc3F)ccc1-2. The third-order valence-electron chi connectivity index (χ3n) is 5.52. The van der Waals surface area contributed by atoms with Crippen LogP contribution in [0.3, 0.4) is 0 Å². The van der Waals surface area contributed by atoms with E-state index >= 15 is 0 Å². The van der Waals surface area contributed by atoms with E-state index in [1.165, 1.54) is 17.0 Å². The minimum atomic E-state index is -2.80. The molecule has 188 valence electrons. The van der Waals surface area contributed by atoms with Gasteiger partial charge < -0.3 is 20.1 Å². The quantitative estimate of drug-likeness (QED) is 0.308. The Hall–Kier alpha value is -3.86. The maximum atomic E-state index is 14.9. The number of nitrogens with one attached hydrogen (secondary N) is 2. The molecule has 0 radical (unpaired) electrons. The molecule has 0 bridgehead atoms. The number of halogens is 3. The number of fused-ring (bicyclic) bond motifs is 1. The summed E-state index contributed by atoms with van der Waals surface area (Å²) in [6, 6.07) is 14.7. The van der Waals surface area contributed by atoms with E-state index in [2.05, 4.69) is 22.9 Å². The van der Waals surface area contributed by atoms with Crippen molar-refractivity contribution >= 4 is 46.3 Å². The van der Waals surface area contributed by atoms with E-state index in [0.717, 1.165) is 5.56 Å². The number of rotatable bonds is 8. The lowest BCUT2D eigenvalue weighted by atomic mass is 10.1. The third-order valence-corrected chi connectivity index (χ3v) is 5.84. The van der Waals surface area contributed by atoms with Gasteiger partial charge in [-0.1, -0.05) is 30.4 Å². The van der Waals surface area contributed by atoms with Gasteiger partial charge in [0.2, 0.25) is 0 Å². The highest BCUT2D eigenvalue weighted by Gasteiger charge is 2.33. The summed E-state index contributed by atoms with van der Waals surface area (Å²) in [4.78, 5) is 25.0. The number of ether oxygens (including phenoxy) is 2. The van der Waals surface area contributed by atoms with Gasteiger partial charge in [0, 0.05) is 5.69 Å². The van der Waals surface area contributed by atoms with Crippen LogP contribution in [0.4, 0.5) is 35.0 Å². The number of carbonyl (C=O) groups excluding carboxylic acids is 2. The van der Waals surface area contributed by atoms with Crippen LogP contribution < -0.4 is 15.5 Å². The fourth-order valence-corrected chi connectivity index (χ4v) is 3.86. The van der Waals surface area contributed by atoms with Crippen molar-refractivity contribution in [1.29, 1.82) is 0 Å². The first-order valence-electron chi connectivity index (χ1n) is 11.1. The molecule has 0 spiro atoms. The Morgan fingerprint density at radius 3 is 2.67 bits per heavy atom. The molecule has 1 amide bonds. The van der Waals surface area contributed by atoms with Crippen LogP contribution in [0.5, 0.6) is 0 Å². The molecule has 3 aliphatic rings. The van der Waals surface area contributed by atoms with Crippen molar-refractivity contribution in [2.45, 2.75) is 19.5 Å². The zero-order valence-electron chi connectivity index (χ0n) is 19.1. The topological polar surface area (TPSA) is 79.9 Å². The van der Waals surface area contributed by atoms with Crippen LogP contribution in [-0.2, 0) is 9.47 Å². The van der Waals surface area contributed by atoms with Crippen LogP contribution >= 0.6 is 12.2 Å². The molecule has 1 heterocycles. The number of nitrogens with zero attached hydrogens (tertiary/aromatic N) is 1. The van der Waals surface area contributed by atoms with Crippen LogP contribution in [0, 0.1) is 5.82 Å². The normalized spacial score (nSPS) is 15.2. The van der Waals surface area contributed by atoms with Gasteiger partial charge >= 0.3 is 12.1 Å². The Kier molecular flexibility index (Phi) is 7.58. The summed E-state index contributed by atoms with van der Waals surface area (Å²) >= 11 is 4.51. The van der Waals surface area contributed by atoms with E-state index in [0.29, 0.717) is 16.8 Å². The number of benzene rings is 1. The molecule has 0 unspecified atom stereocenters. The maximum absolute atomic E-state index is 14.9. The number of esters is 1. The number of thiocarbonyl (C=S) groups is 1. The minimum absolute atomic E-state index is 0.0524. The number of carbonyl (C=O) groups is 2. The number of hydrogen-bond acceptors (Lipinski definition) is 6. The lowest BCUT2D eigenvalue weighted by Gasteiger charge is -2.15. The van der Waals surface area contributed by atoms with Crippen LogP contribution in [0.15, 0.2) is 54.6 Å². The number of anilines is 3. The van der Waals surface area contributed by atoms with Crippen LogP contribution in [-0.4, -0.2) is 49.3 Å². The Morgan fingerprint density at radius 2 is 1.94 bits per heavy atom. The summed E-state index contributed by atoms with van der Waals surface area (Å²) in [6.45, 7) is 1.98. The Morgan fingerprint density at radius 1 is 1.19 bits per heavy atom. The second-order valence-corrected chi connectivity index (χ2v) is 8.35. The van der Waals surface area contributed by atoms with E-state index in [9.17, 15) is 22.8 Å². The molecule has 1 aromatic carbocycles. The molecule has 0 aromatic heterocycles. The van der Waals surface area contributed by atoms with E-state index in [4.69, 9.17) is 9.47 Å². The van der Waals surface area contributed by atoms with Gasteiger partial charge in [0.25, 0.3) is 6.43 Å². The monoisotopic (exact) mass is 517 g/mol. The molecule has 1 aliphatic heterocycles. The smallest absolute Gasteiger partial charge is 0.414 e. The molecule has 2 aliphatic carbocycles. The summed E-state index contributed by atoms with van der Waals surface area (Å²) in [5.74, 6) is -1.02. The van der Waals surface area contributed by atoms with Crippen LogP contribution in [0.25, 0.3) is 11.1 Å². The minimum Gasteiger partial charge on any atom is -0.462 e. The summed E-state index contributed by atoms with van der Waals surface area (Å²) in [7, 11) is 0. The second kappa shape index (κ2) is 10.8.